The van der Waals surface area contributed by atoms with Gasteiger partial charge >= 0.3 is 0 Å². The van der Waals surface area contributed by atoms with Crippen LogP contribution in [0.4, 0.5) is 0 Å². The van der Waals surface area contributed by atoms with Crippen molar-refractivity contribution < 1.29 is 14.3 Å². The molecule has 1 aromatic carbocycles. The van der Waals surface area contributed by atoms with Gasteiger partial charge in [0.05, 0.1) is 17.9 Å². The van der Waals surface area contributed by atoms with Crippen LogP contribution in [0.15, 0.2) is 42.6 Å². The second-order valence-corrected chi connectivity index (χ2v) is 10.5. The molecule has 2 bridgehead atoms. The van der Waals surface area contributed by atoms with Gasteiger partial charge in [-0.3, -0.25) is 9.78 Å². The molecule has 1 aromatic heterocycles. The van der Waals surface area contributed by atoms with Gasteiger partial charge in [0.2, 0.25) is 0 Å². The van der Waals surface area contributed by atoms with Crippen LogP contribution in [-0.2, 0) is 4.79 Å². The maximum Gasteiger partial charge on any atom is 0.260 e. The number of carbonyl (C=O) groups excluding carboxylic acids is 1. The van der Waals surface area contributed by atoms with Crippen molar-refractivity contribution in [2.24, 2.45) is 10.8 Å². The van der Waals surface area contributed by atoms with E-state index >= 15 is 0 Å². The fourth-order valence-corrected chi connectivity index (χ4v) is 5.83. The lowest BCUT2D eigenvalue weighted by molar-refractivity contribution is -0.134. The summed E-state index contributed by atoms with van der Waals surface area (Å²) in [5, 5.41) is 9.58. The number of pyridine rings is 1. The van der Waals surface area contributed by atoms with Gasteiger partial charge in [0, 0.05) is 18.8 Å². The molecule has 1 aliphatic carbocycles. The smallest absolute Gasteiger partial charge is 0.260 e. The van der Waals surface area contributed by atoms with E-state index in [0.29, 0.717) is 35.4 Å². The fourth-order valence-electron chi connectivity index (χ4n) is 5.83. The van der Waals surface area contributed by atoms with E-state index < -0.39 is 0 Å². The number of allylic oxidation sites excluding steroid dienone is 1. The van der Waals surface area contributed by atoms with E-state index in [4.69, 9.17) is 9.47 Å². The van der Waals surface area contributed by atoms with Gasteiger partial charge in [0.1, 0.15) is 6.07 Å². The molecule has 2 fully saturated rings. The predicted molar refractivity (Wildman–Crippen MR) is 132 cm³/mol. The molecular weight excluding hydrogens is 426 g/mol. The molecule has 6 nitrogen and oxygen atoms in total. The van der Waals surface area contributed by atoms with Gasteiger partial charge in [-0.1, -0.05) is 32.9 Å². The number of fused-ring (bicyclic) bond motifs is 2. The topological polar surface area (TPSA) is 75.5 Å². The number of hydrogen-bond acceptors (Lipinski definition) is 5. The first-order valence-corrected chi connectivity index (χ1v) is 11.9. The van der Waals surface area contributed by atoms with Crippen molar-refractivity contribution in [3.05, 3.63) is 53.9 Å². The molecule has 2 atom stereocenters. The summed E-state index contributed by atoms with van der Waals surface area (Å²) < 4.78 is 11.7. The van der Waals surface area contributed by atoms with Crippen LogP contribution in [0, 0.1) is 22.2 Å². The number of carbonyl (C=O) groups is 1. The highest BCUT2D eigenvalue weighted by Gasteiger charge is 2.50. The maximum absolute atomic E-state index is 13.1. The van der Waals surface area contributed by atoms with Gasteiger partial charge in [-0.2, -0.15) is 5.26 Å². The lowest BCUT2D eigenvalue weighted by Crippen LogP contribution is -2.40. The molecular formula is C28H33N3O3. The van der Waals surface area contributed by atoms with Gasteiger partial charge in [-0.15, -0.1) is 0 Å². The normalized spacial score (nSPS) is 23.3. The Morgan fingerprint density at radius 1 is 1.21 bits per heavy atom. The third-order valence-electron chi connectivity index (χ3n) is 6.73. The zero-order valence-corrected chi connectivity index (χ0v) is 20.5. The van der Waals surface area contributed by atoms with Crippen molar-refractivity contribution in [1.82, 2.24) is 9.88 Å². The monoisotopic (exact) mass is 459 g/mol. The Morgan fingerprint density at radius 2 is 2.03 bits per heavy atom. The number of ether oxygens (including phenoxy) is 2. The number of benzene rings is 1. The van der Waals surface area contributed by atoms with Crippen LogP contribution in [0.5, 0.6) is 11.5 Å². The van der Waals surface area contributed by atoms with Crippen molar-refractivity contribution in [1.29, 1.82) is 5.26 Å². The first-order valence-electron chi connectivity index (χ1n) is 11.9. The summed E-state index contributed by atoms with van der Waals surface area (Å²) in [5.74, 6) is 1.10. The first kappa shape index (κ1) is 23.8. The summed E-state index contributed by atoms with van der Waals surface area (Å²) in [4.78, 5) is 19.4. The quantitative estimate of drug-likeness (QED) is 0.522. The van der Waals surface area contributed by atoms with Crippen molar-refractivity contribution in [2.75, 3.05) is 19.8 Å². The van der Waals surface area contributed by atoms with Crippen molar-refractivity contribution in [2.45, 2.75) is 53.0 Å². The predicted octanol–water partition coefficient (Wildman–Crippen LogP) is 5.35. The van der Waals surface area contributed by atoms with Crippen LogP contribution in [0.1, 0.15) is 58.2 Å². The Bertz CT molecular complexity index is 1120. The molecule has 2 aromatic rings. The van der Waals surface area contributed by atoms with E-state index in [0.717, 1.165) is 31.4 Å². The van der Waals surface area contributed by atoms with Crippen molar-refractivity contribution in [3.63, 3.8) is 0 Å². The number of hydrogen-bond donors (Lipinski definition) is 0. The second-order valence-electron chi connectivity index (χ2n) is 10.5. The van der Waals surface area contributed by atoms with E-state index in [2.05, 4.69) is 31.8 Å². The Hall–Kier alpha value is -3.33. The molecule has 4 rings (SSSR count). The average Bonchev–Trinajstić information content (AvgIpc) is 3.06. The third kappa shape index (κ3) is 5.25. The molecule has 6 heteroatoms. The second kappa shape index (κ2) is 9.50. The largest absolute Gasteiger partial charge is 0.490 e. The Labute approximate surface area is 202 Å². The zero-order valence-electron chi connectivity index (χ0n) is 20.5. The molecule has 2 heterocycles. The van der Waals surface area contributed by atoms with Crippen LogP contribution in [-0.4, -0.2) is 41.6 Å². The lowest BCUT2D eigenvalue weighted by Gasteiger charge is -2.39. The highest BCUT2D eigenvalue weighted by molar-refractivity contribution is 5.88. The Morgan fingerprint density at radius 3 is 2.74 bits per heavy atom. The summed E-state index contributed by atoms with van der Waals surface area (Å²) in [6.45, 7) is 10.1. The molecule has 34 heavy (non-hydrogen) atoms. The van der Waals surface area contributed by atoms with E-state index in [-0.39, 0.29) is 23.3 Å². The maximum atomic E-state index is 13.1. The summed E-state index contributed by atoms with van der Waals surface area (Å²) >= 11 is 0. The summed E-state index contributed by atoms with van der Waals surface area (Å²) in [7, 11) is 0. The molecule has 178 valence electrons. The van der Waals surface area contributed by atoms with Gasteiger partial charge in [0.25, 0.3) is 5.91 Å². The third-order valence-corrected chi connectivity index (χ3v) is 6.73. The average molecular weight is 460 g/mol. The van der Waals surface area contributed by atoms with E-state index in [1.165, 1.54) is 0 Å². The number of likely N-dealkylation sites (tertiary alicyclic amines) is 1. The van der Waals surface area contributed by atoms with E-state index in [1.807, 2.05) is 36.1 Å². The molecule has 0 radical (unpaired) electrons. The molecule has 2 aliphatic rings. The minimum Gasteiger partial charge on any atom is -0.490 e. The summed E-state index contributed by atoms with van der Waals surface area (Å²) in [6, 6.07) is 13.4. The standard InChI is InChI=1S/C28H33N3O3/c1-5-33-25-13-20(12-21(16-29)23-8-6-7-11-30-23)9-10-24(25)34-17-26(32)31-19-28(4)15-22(31)14-27(2,3)18-28/h6-13,22H,5,14-15,17-19H2,1-4H3/b21-12-/t22-,28+/m1/s1. The van der Waals surface area contributed by atoms with Gasteiger partial charge in [0.15, 0.2) is 18.1 Å². The van der Waals surface area contributed by atoms with E-state index in [1.54, 1.807) is 24.4 Å². The highest BCUT2D eigenvalue weighted by Crippen LogP contribution is 2.52. The summed E-state index contributed by atoms with van der Waals surface area (Å²) in [5.41, 5.74) is 2.33. The molecule has 0 N–H and O–H groups in total. The van der Waals surface area contributed by atoms with E-state index in [9.17, 15) is 10.1 Å². The lowest BCUT2D eigenvalue weighted by atomic mass is 9.65. The SMILES string of the molecule is CCOc1cc(/C=C(/C#N)c2ccccn2)ccc1OCC(=O)N1C[C@@]2(C)C[C@H]1CC(C)(C)C2. The Balaban J connectivity index is 1.48. The van der Waals surface area contributed by atoms with Crippen LogP contribution >= 0.6 is 0 Å². The Kier molecular flexibility index (Phi) is 6.65. The van der Waals surface area contributed by atoms with Crippen LogP contribution in [0.25, 0.3) is 11.6 Å². The molecule has 1 aliphatic heterocycles. The highest BCUT2D eigenvalue weighted by atomic mass is 16.5. The summed E-state index contributed by atoms with van der Waals surface area (Å²) in [6.07, 6.45) is 6.69. The van der Waals surface area contributed by atoms with Crippen molar-refractivity contribution in [3.8, 4) is 17.6 Å². The van der Waals surface area contributed by atoms with Gasteiger partial charge in [-0.05, 0) is 72.9 Å². The van der Waals surface area contributed by atoms with Gasteiger partial charge in [-0.25, -0.2) is 0 Å². The van der Waals surface area contributed by atoms with Crippen LogP contribution in [0.3, 0.4) is 0 Å². The molecule has 1 saturated heterocycles. The van der Waals surface area contributed by atoms with Gasteiger partial charge < -0.3 is 14.4 Å². The molecule has 0 unspecified atom stereocenters. The fraction of sp³-hybridized carbons (Fsp3) is 0.464. The van der Waals surface area contributed by atoms with Crippen LogP contribution in [0.2, 0.25) is 0 Å². The molecule has 1 amide bonds. The van der Waals surface area contributed by atoms with Crippen LogP contribution < -0.4 is 9.47 Å². The first-order chi connectivity index (χ1) is 16.2. The molecule has 0 spiro atoms. The number of aromatic nitrogens is 1. The number of nitrogens with zero attached hydrogens (tertiary/aromatic N) is 3. The minimum atomic E-state index is -0.0142. The van der Waals surface area contributed by atoms with Crippen molar-refractivity contribution >= 4 is 17.6 Å². The number of amides is 1. The molecule has 1 saturated carbocycles. The number of nitriles is 1. The number of rotatable bonds is 7. The minimum absolute atomic E-state index is 0.0142. The zero-order chi connectivity index (χ0) is 24.3.